The molecule has 1 atom stereocenters. The minimum Gasteiger partial charge on any atom is -0.389 e. The number of hydrogen-bond acceptors (Lipinski definition) is 2. The van der Waals surface area contributed by atoms with Crippen molar-refractivity contribution in [2.45, 2.75) is 32.8 Å². The summed E-state index contributed by atoms with van der Waals surface area (Å²) in [6.07, 6.45) is 2.31. The van der Waals surface area contributed by atoms with Gasteiger partial charge in [-0.25, -0.2) is 0 Å². The van der Waals surface area contributed by atoms with E-state index in [1.165, 1.54) is 0 Å². The molecule has 1 aliphatic heterocycles. The van der Waals surface area contributed by atoms with Crippen molar-refractivity contribution < 1.29 is 9.90 Å². The first-order chi connectivity index (χ1) is 8.64. The third-order valence-corrected chi connectivity index (χ3v) is 4.60. The van der Waals surface area contributed by atoms with Crippen molar-refractivity contribution in [3.8, 4) is 0 Å². The monoisotopic (exact) mass is 284 g/mol. The van der Waals surface area contributed by atoms with Crippen LogP contribution in [0.25, 0.3) is 0 Å². The Balaban J connectivity index is 2.21. The van der Waals surface area contributed by atoms with Crippen LogP contribution in [-0.2, 0) is 7.05 Å². The van der Waals surface area contributed by atoms with Crippen molar-refractivity contribution >= 4 is 17.5 Å². The second-order valence-corrected chi connectivity index (χ2v) is 6.73. The summed E-state index contributed by atoms with van der Waals surface area (Å²) in [4.78, 5) is 14.3. The fourth-order valence-electron chi connectivity index (χ4n) is 2.49. The lowest BCUT2D eigenvalue weighted by Crippen LogP contribution is -2.57. The minimum atomic E-state index is -0.740. The number of amides is 1. The SMILES string of the molecule is Cn1cc(Cl)cc1C(=O)N1CC[C@@](C)(O)C(C)(C)C1. The maximum absolute atomic E-state index is 12.5. The summed E-state index contributed by atoms with van der Waals surface area (Å²) in [6, 6.07) is 1.68. The molecule has 5 heteroatoms. The standard InChI is InChI=1S/C14H21ClN2O2/c1-13(2)9-17(6-5-14(13,3)19)12(18)11-7-10(15)8-16(11)4/h7-8,19H,5-6,9H2,1-4H3/t14-/m1/s1. The Kier molecular flexibility index (Phi) is 3.43. The van der Waals surface area contributed by atoms with Crippen molar-refractivity contribution in [3.05, 3.63) is 23.0 Å². The van der Waals surface area contributed by atoms with Crippen molar-refractivity contribution in [1.82, 2.24) is 9.47 Å². The molecule has 0 aromatic carbocycles. The minimum absolute atomic E-state index is 0.0297. The lowest BCUT2D eigenvalue weighted by atomic mass is 9.71. The van der Waals surface area contributed by atoms with E-state index in [0.717, 1.165) is 0 Å². The summed E-state index contributed by atoms with van der Waals surface area (Å²) in [5.41, 5.74) is -0.478. The summed E-state index contributed by atoms with van der Waals surface area (Å²) in [6.45, 7) is 6.93. The quantitative estimate of drug-likeness (QED) is 0.860. The van der Waals surface area contributed by atoms with Crippen LogP contribution in [0.4, 0.5) is 0 Å². The molecule has 1 aliphatic rings. The lowest BCUT2D eigenvalue weighted by molar-refractivity contribution is -0.0972. The molecule has 1 aromatic rings. The summed E-state index contributed by atoms with van der Waals surface area (Å²) in [7, 11) is 1.81. The Morgan fingerprint density at radius 2 is 2.05 bits per heavy atom. The maximum atomic E-state index is 12.5. The van der Waals surface area contributed by atoms with Crippen LogP contribution in [0.5, 0.6) is 0 Å². The van der Waals surface area contributed by atoms with Gasteiger partial charge in [0.15, 0.2) is 0 Å². The molecule has 1 N–H and O–H groups in total. The largest absolute Gasteiger partial charge is 0.389 e. The molecule has 0 bridgehead atoms. The number of aryl methyl sites for hydroxylation is 1. The highest BCUT2D eigenvalue weighted by molar-refractivity contribution is 6.31. The van der Waals surface area contributed by atoms with Crippen LogP contribution >= 0.6 is 11.6 Å². The van der Waals surface area contributed by atoms with Gasteiger partial charge in [-0.1, -0.05) is 25.4 Å². The number of nitrogens with zero attached hydrogens (tertiary/aromatic N) is 2. The number of piperidine rings is 1. The number of aromatic nitrogens is 1. The molecule has 2 rings (SSSR count). The molecule has 0 saturated carbocycles. The predicted octanol–water partition coefficient (Wildman–Crippen LogP) is 2.30. The fraction of sp³-hybridized carbons (Fsp3) is 0.643. The molecule has 1 fully saturated rings. The first kappa shape index (κ1) is 14.4. The van der Waals surface area contributed by atoms with Crippen LogP contribution in [0, 0.1) is 5.41 Å². The van der Waals surface area contributed by atoms with Gasteiger partial charge in [0.1, 0.15) is 5.69 Å². The number of aliphatic hydroxyl groups is 1. The molecular weight excluding hydrogens is 264 g/mol. The average molecular weight is 285 g/mol. The van der Waals surface area contributed by atoms with E-state index in [9.17, 15) is 9.90 Å². The first-order valence-corrected chi connectivity index (χ1v) is 6.85. The van der Waals surface area contributed by atoms with E-state index < -0.39 is 5.60 Å². The molecular formula is C14H21ClN2O2. The van der Waals surface area contributed by atoms with E-state index in [1.54, 1.807) is 21.7 Å². The van der Waals surface area contributed by atoms with E-state index in [2.05, 4.69) is 0 Å². The number of carbonyl (C=O) groups excluding carboxylic acids is 1. The first-order valence-electron chi connectivity index (χ1n) is 6.47. The van der Waals surface area contributed by atoms with E-state index in [4.69, 9.17) is 11.6 Å². The van der Waals surface area contributed by atoms with E-state index in [0.29, 0.717) is 30.2 Å². The Labute approximate surface area is 119 Å². The molecule has 0 aliphatic carbocycles. The van der Waals surface area contributed by atoms with Crippen molar-refractivity contribution in [2.75, 3.05) is 13.1 Å². The second-order valence-electron chi connectivity index (χ2n) is 6.29. The molecule has 2 heterocycles. The molecule has 106 valence electrons. The highest BCUT2D eigenvalue weighted by Crippen LogP contribution is 2.38. The average Bonchev–Trinajstić information content (AvgIpc) is 2.61. The number of carbonyl (C=O) groups is 1. The van der Waals surface area contributed by atoms with Crippen molar-refractivity contribution in [1.29, 1.82) is 0 Å². The summed E-state index contributed by atoms with van der Waals surface area (Å²) >= 11 is 5.92. The third kappa shape index (κ3) is 2.51. The molecule has 1 saturated heterocycles. The summed E-state index contributed by atoms with van der Waals surface area (Å²) in [5.74, 6) is -0.0297. The number of hydrogen-bond donors (Lipinski definition) is 1. The topological polar surface area (TPSA) is 45.5 Å². The van der Waals surface area contributed by atoms with Gasteiger partial charge >= 0.3 is 0 Å². The molecule has 1 aromatic heterocycles. The van der Waals surface area contributed by atoms with Gasteiger partial charge in [-0.05, 0) is 19.4 Å². The van der Waals surface area contributed by atoms with Crippen LogP contribution in [0.1, 0.15) is 37.7 Å². The summed E-state index contributed by atoms with van der Waals surface area (Å²) < 4.78 is 1.74. The van der Waals surface area contributed by atoms with Gasteiger partial charge in [0.2, 0.25) is 0 Å². The third-order valence-electron chi connectivity index (χ3n) is 4.39. The van der Waals surface area contributed by atoms with Crippen LogP contribution in [0.15, 0.2) is 12.3 Å². The van der Waals surface area contributed by atoms with Crippen molar-refractivity contribution in [3.63, 3.8) is 0 Å². The van der Waals surface area contributed by atoms with Crippen molar-refractivity contribution in [2.24, 2.45) is 12.5 Å². The summed E-state index contributed by atoms with van der Waals surface area (Å²) in [5, 5.41) is 10.9. The number of likely N-dealkylation sites (tertiary alicyclic amines) is 1. The molecule has 0 unspecified atom stereocenters. The van der Waals surface area contributed by atoms with E-state index in [-0.39, 0.29) is 11.3 Å². The smallest absolute Gasteiger partial charge is 0.270 e. The molecule has 19 heavy (non-hydrogen) atoms. The molecule has 0 radical (unpaired) electrons. The molecule has 1 amide bonds. The Bertz CT molecular complexity index is 506. The number of rotatable bonds is 1. The lowest BCUT2D eigenvalue weighted by Gasteiger charge is -2.48. The van der Waals surface area contributed by atoms with Crippen LogP contribution in [0.3, 0.4) is 0 Å². The van der Waals surface area contributed by atoms with Crippen LogP contribution in [-0.4, -0.2) is 39.2 Å². The normalized spacial score (nSPS) is 26.5. The Morgan fingerprint density at radius 3 is 2.53 bits per heavy atom. The van der Waals surface area contributed by atoms with E-state index >= 15 is 0 Å². The van der Waals surface area contributed by atoms with Gasteiger partial charge in [-0.3, -0.25) is 4.79 Å². The maximum Gasteiger partial charge on any atom is 0.270 e. The van der Waals surface area contributed by atoms with E-state index in [1.807, 2.05) is 27.8 Å². The van der Waals surface area contributed by atoms with Gasteiger partial charge in [-0.2, -0.15) is 0 Å². The van der Waals surface area contributed by atoms with Gasteiger partial charge in [0.05, 0.1) is 10.6 Å². The zero-order valence-electron chi connectivity index (χ0n) is 11.9. The van der Waals surface area contributed by atoms with Crippen LogP contribution < -0.4 is 0 Å². The highest BCUT2D eigenvalue weighted by atomic mass is 35.5. The van der Waals surface area contributed by atoms with Gasteiger partial charge in [0.25, 0.3) is 5.91 Å². The highest BCUT2D eigenvalue weighted by Gasteiger charge is 2.45. The Morgan fingerprint density at radius 1 is 1.42 bits per heavy atom. The van der Waals surface area contributed by atoms with Gasteiger partial charge in [0, 0.05) is 31.7 Å². The van der Waals surface area contributed by atoms with Crippen LogP contribution in [0.2, 0.25) is 5.02 Å². The van der Waals surface area contributed by atoms with Gasteiger partial charge in [-0.15, -0.1) is 0 Å². The molecule has 0 spiro atoms. The predicted molar refractivity (Wildman–Crippen MR) is 75.3 cm³/mol. The fourth-order valence-corrected chi connectivity index (χ4v) is 2.74. The van der Waals surface area contributed by atoms with Gasteiger partial charge < -0.3 is 14.6 Å². The number of halogens is 1. The zero-order chi connectivity index (χ0) is 14.4. The Hall–Kier alpha value is -1.00. The zero-order valence-corrected chi connectivity index (χ0v) is 12.7. The molecule has 4 nitrogen and oxygen atoms in total. The second kappa shape index (κ2) is 4.53.